The van der Waals surface area contributed by atoms with Crippen LogP contribution >= 0.6 is 11.3 Å². The zero-order valence-corrected chi connectivity index (χ0v) is 18.5. The highest BCUT2D eigenvalue weighted by Gasteiger charge is 2.27. The summed E-state index contributed by atoms with van der Waals surface area (Å²) in [4.78, 5) is 4.60. The third kappa shape index (κ3) is 4.46. The van der Waals surface area contributed by atoms with E-state index in [4.69, 9.17) is 0 Å². The van der Waals surface area contributed by atoms with Crippen LogP contribution in [-0.4, -0.2) is 50.6 Å². The lowest BCUT2D eigenvalue weighted by Gasteiger charge is -2.26. The number of benzene rings is 1. The van der Waals surface area contributed by atoms with Crippen LogP contribution in [0.15, 0.2) is 39.4 Å². The Bertz CT molecular complexity index is 1010. The van der Waals surface area contributed by atoms with Gasteiger partial charge in [0, 0.05) is 25.5 Å². The van der Waals surface area contributed by atoms with Crippen molar-refractivity contribution in [3.8, 4) is 0 Å². The molecule has 1 aromatic carbocycles. The van der Waals surface area contributed by atoms with Crippen LogP contribution in [0.3, 0.4) is 0 Å². The Morgan fingerprint density at radius 1 is 1.04 bits per heavy atom. The molecule has 1 fully saturated rings. The molecular formula is C18H25N3O4S3. The summed E-state index contributed by atoms with van der Waals surface area (Å²) < 4.78 is 53.8. The van der Waals surface area contributed by atoms with Gasteiger partial charge in [-0.25, -0.2) is 21.8 Å². The van der Waals surface area contributed by atoms with Crippen molar-refractivity contribution in [2.45, 2.75) is 48.9 Å². The largest absolute Gasteiger partial charge is 0.245 e. The Labute approximate surface area is 171 Å². The molecule has 0 unspecified atom stereocenters. The van der Waals surface area contributed by atoms with Crippen LogP contribution in [0.25, 0.3) is 0 Å². The lowest BCUT2D eigenvalue weighted by molar-refractivity contribution is 0.346. The van der Waals surface area contributed by atoms with Crippen molar-refractivity contribution in [1.29, 1.82) is 0 Å². The second-order valence-corrected chi connectivity index (χ2v) is 11.7. The number of thiazole rings is 1. The highest BCUT2D eigenvalue weighted by Crippen LogP contribution is 2.23. The van der Waals surface area contributed by atoms with E-state index >= 15 is 0 Å². The van der Waals surface area contributed by atoms with Gasteiger partial charge in [0.25, 0.3) is 0 Å². The SMILES string of the molecule is CCc1nc(CN(C)S(=O)(=O)c2ccc(S(=O)(=O)N3CCCCC3)cc2)cs1. The van der Waals surface area contributed by atoms with Crippen molar-refractivity contribution in [3.05, 3.63) is 40.3 Å². The zero-order chi connectivity index (χ0) is 20.4. The second-order valence-electron chi connectivity index (χ2n) is 6.78. The number of hydrogen-bond donors (Lipinski definition) is 0. The minimum absolute atomic E-state index is 0.0681. The quantitative estimate of drug-likeness (QED) is 0.657. The van der Waals surface area contributed by atoms with Crippen molar-refractivity contribution < 1.29 is 16.8 Å². The average Bonchev–Trinajstić information content (AvgIpc) is 3.16. The van der Waals surface area contributed by atoms with Gasteiger partial charge in [-0.1, -0.05) is 13.3 Å². The van der Waals surface area contributed by atoms with E-state index < -0.39 is 20.0 Å². The summed E-state index contributed by atoms with van der Waals surface area (Å²) in [7, 11) is -5.81. The number of aromatic nitrogens is 1. The lowest BCUT2D eigenvalue weighted by atomic mass is 10.2. The molecule has 2 aromatic rings. The summed E-state index contributed by atoms with van der Waals surface area (Å²) in [6.45, 7) is 3.20. The number of piperidine rings is 1. The van der Waals surface area contributed by atoms with Crippen LogP contribution < -0.4 is 0 Å². The maximum Gasteiger partial charge on any atom is 0.243 e. The number of nitrogens with zero attached hydrogens (tertiary/aromatic N) is 3. The highest BCUT2D eigenvalue weighted by molar-refractivity contribution is 7.89. The van der Waals surface area contributed by atoms with E-state index in [2.05, 4.69) is 4.98 Å². The summed E-state index contributed by atoms with van der Waals surface area (Å²) in [5.41, 5.74) is 0.706. The first-order valence-corrected chi connectivity index (χ1v) is 13.0. The van der Waals surface area contributed by atoms with Gasteiger partial charge in [0.1, 0.15) is 0 Å². The number of rotatable bonds is 7. The Kier molecular flexibility index (Phi) is 6.55. The van der Waals surface area contributed by atoms with Crippen molar-refractivity contribution in [1.82, 2.24) is 13.6 Å². The zero-order valence-electron chi connectivity index (χ0n) is 16.0. The van der Waals surface area contributed by atoms with Crippen molar-refractivity contribution >= 4 is 31.4 Å². The van der Waals surface area contributed by atoms with Gasteiger partial charge < -0.3 is 0 Å². The fourth-order valence-electron chi connectivity index (χ4n) is 3.11. The van der Waals surface area contributed by atoms with Gasteiger partial charge in [0.2, 0.25) is 20.0 Å². The Hall–Kier alpha value is -1.33. The van der Waals surface area contributed by atoms with Gasteiger partial charge in [-0.3, -0.25) is 0 Å². The predicted octanol–water partition coefficient (Wildman–Crippen LogP) is 2.70. The number of sulfonamides is 2. The third-order valence-electron chi connectivity index (χ3n) is 4.77. The molecule has 1 aromatic heterocycles. The molecule has 0 saturated carbocycles. The fraction of sp³-hybridized carbons (Fsp3) is 0.500. The molecule has 1 saturated heterocycles. The molecule has 28 heavy (non-hydrogen) atoms. The monoisotopic (exact) mass is 443 g/mol. The number of hydrogen-bond acceptors (Lipinski definition) is 6. The lowest BCUT2D eigenvalue weighted by Crippen LogP contribution is -2.35. The Morgan fingerprint density at radius 3 is 2.21 bits per heavy atom. The normalized spacial score (nSPS) is 16.5. The molecule has 3 rings (SSSR count). The van der Waals surface area contributed by atoms with E-state index in [9.17, 15) is 16.8 Å². The molecule has 0 atom stereocenters. The molecule has 154 valence electrons. The maximum absolute atomic E-state index is 12.8. The summed E-state index contributed by atoms with van der Waals surface area (Å²) in [6.07, 6.45) is 3.56. The summed E-state index contributed by atoms with van der Waals surface area (Å²) in [6, 6.07) is 5.48. The Morgan fingerprint density at radius 2 is 1.64 bits per heavy atom. The summed E-state index contributed by atoms with van der Waals surface area (Å²) in [5.74, 6) is 0. The van der Waals surface area contributed by atoms with Crippen LogP contribution in [0.2, 0.25) is 0 Å². The minimum Gasteiger partial charge on any atom is -0.245 e. The van der Waals surface area contributed by atoms with Crippen LogP contribution in [0.1, 0.15) is 36.9 Å². The number of aryl methyl sites for hydroxylation is 1. The van der Waals surface area contributed by atoms with Gasteiger partial charge in [-0.15, -0.1) is 11.3 Å². The van der Waals surface area contributed by atoms with Crippen LogP contribution in [0, 0.1) is 0 Å². The van der Waals surface area contributed by atoms with Gasteiger partial charge >= 0.3 is 0 Å². The molecule has 0 spiro atoms. The van der Waals surface area contributed by atoms with Gasteiger partial charge in [0.15, 0.2) is 0 Å². The van der Waals surface area contributed by atoms with E-state index in [0.29, 0.717) is 18.8 Å². The fourth-order valence-corrected chi connectivity index (χ4v) is 6.51. The van der Waals surface area contributed by atoms with Crippen molar-refractivity contribution in [3.63, 3.8) is 0 Å². The first-order valence-electron chi connectivity index (χ1n) is 9.25. The Balaban J connectivity index is 1.77. The molecule has 0 aliphatic carbocycles. The van der Waals surface area contributed by atoms with Gasteiger partial charge in [0.05, 0.1) is 27.0 Å². The van der Waals surface area contributed by atoms with E-state index in [0.717, 1.165) is 30.7 Å². The molecule has 7 nitrogen and oxygen atoms in total. The van der Waals surface area contributed by atoms with Crippen molar-refractivity contribution in [2.75, 3.05) is 20.1 Å². The van der Waals surface area contributed by atoms with Gasteiger partial charge in [-0.2, -0.15) is 8.61 Å². The van der Waals surface area contributed by atoms with E-state index in [-0.39, 0.29) is 16.3 Å². The van der Waals surface area contributed by atoms with Crippen LogP contribution in [-0.2, 0) is 33.0 Å². The van der Waals surface area contributed by atoms with E-state index in [1.807, 2.05) is 12.3 Å². The molecule has 2 heterocycles. The topological polar surface area (TPSA) is 87.6 Å². The van der Waals surface area contributed by atoms with E-state index in [1.165, 1.54) is 51.3 Å². The molecule has 0 bridgehead atoms. The first-order chi connectivity index (χ1) is 13.2. The second kappa shape index (κ2) is 8.58. The molecule has 0 amide bonds. The molecule has 10 heteroatoms. The minimum atomic E-state index is -3.73. The molecule has 1 aliphatic rings. The smallest absolute Gasteiger partial charge is 0.243 e. The van der Waals surface area contributed by atoms with E-state index in [1.54, 1.807) is 0 Å². The van der Waals surface area contributed by atoms with Crippen LogP contribution in [0.5, 0.6) is 0 Å². The summed E-state index contributed by atoms with van der Waals surface area (Å²) in [5, 5.41) is 2.83. The first kappa shape index (κ1) is 21.4. The highest BCUT2D eigenvalue weighted by atomic mass is 32.2. The van der Waals surface area contributed by atoms with Gasteiger partial charge in [-0.05, 0) is 43.5 Å². The van der Waals surface area contributed by atoms with Crippen molar-refractivity contribution in [2.24, 2.45) is 0 Å². The molecule has 1 aliphatic heterocycles. The molecule has 0 N–H and O–H groups in total. The average molecular weight is 444 g/mol. The summed E-state index contributed by atoms with van der Waals surface area (Å²) >= 11 is 1.51. The maximum atomic E-state index is 12.8. The third-order valence-corrected chi connectivity index (χ3v) is 9.54. The predicted molar refractivity (Wildman–Crippen MR) is 109 cm³/mol. The molecule has 0 radical (unpaired) electrons. The molecular weight excluding hydrogens is 418 g/mol. The van der Waals surface area contributed by atoms with Crippen LogP contribution in [0.4, 0.5) is 0 Å². The standard InChI is InChI=1S/C18H25N3O4S3/c1-3-18-19-15(14-26-18)13-20(2)27(22,23)16-7-9-17(10-8-16)28(24,25)21-11-5-4-6-12-21/h7-10,14H,3-6,11-13H2,1-2H3.